The predicted octanol–water partition coefficient (Wildman–Crippen LogP) is 2.98. The van der Waals surface area contributed by atoms with E-state index in [9.17, 15) is 4.79 Å². The van der Waals surface area contributed by atoms with Gasteiger partial charge in [0.05, 0.1) is 5.56 Å². The Labute approximate surface area is 118 Å². The van der Waals surface area contributed by atoms with Crippen LogP contribution in [0.2, 0.25) is 0 Å². The molecule has 2 N–H and O–H groups in total. The number of nitrogens with zero attached hydrogens (tertiary/aromatic N) is 1. The SMILES string of the molecule is Cc1cc(C(=O)N(Cc2ccccc2N)C2CC2)co1. The summed E-state index contributed by atoms with van der Waals surface area (Å²) in [5, 5.41) is 0. The number of para-hydroxylation sites is 1. The lowest BCUT2D eigenvalue weighted by atomic mass is 10.1. The molecule has 0 radical (unpaired) electrons. The molecule has 4 heteroatoms. The Kier molecular flexibility index (Phi) is 3.22. The number of benzene rings is 1. The number of aryl methyl sites for hydroxylation is 1. The van der Waals surface area contributed by atoms with E-state index in [2.05, 4.69) is 0 Å². The number of rotatable bonds is 4. The standard InChI is InChI=1S/C16H18N2O2/c1-11-8-13(10-20-11)16(19)18(14-6-7-14)9-12-4-2-3-5-15(12)17/h2-5,8,10,14H,6-7,9,17H2,1H3. The zero-order chi connectivity index (χ0) is 14.1. The van der Waals surface area contributed by atoms with Crippen molar-refractivity contribution in [1.29, 1.82) is 0 Å². The third kappa shape index (κ3) is 2.54. The summed E-state index contributed by atoms with van der Waals surface area (Å²) < 4.78 is 5.24. The molecule has 1 aromatic heterocycles. The van der Waals surface area contributed by atoms with Crippen molar-refractivity contribution < 1.29 is 9.21 Å². The minimum absolute atomic E-state index is 0.0209. The van der Waals surface area contributed by atoms with E-state index in [4.69, 9.17) is 10.2 Å². The summed E-state index contributed by atoms with van der Waals surface area (Å²) in [5.74, 6) is 0.774. The van der Waals surface area contributed by atoms with Gasteiger partial charge in [0, 0.05) is 18.3 Å². The summed E-state index contributed by atoms with van der Waals surface area (Å²) in [4.78, 5) is 14.5. The van der Waals surface area contributed by atoms with Gasteiger partial charge in [-0.3, -0.25) is 4.79 Å². The highest BCUT2D eigenvalue weighted by molar-refractivity contribution is 5.94. The van der Waals surface area contributed by atoms with Crippen molar-refractivity contribution in [3.05, 3.63) is 53.5 Å². The number of hydrogen-bond acceptors (Lipinski definition) is 3. The quantitative estimate of drug-likeness (QED) is 0.869. The summed E-state index contributed by atoms with van der Waals surface area (Å²) in [7, 11) is 0. The third-order valence-corrected chi connectivity index (χ3v) is 3.62. The molecule has 1 aromatic carbocycles. The molecule has 2 aromatic rings. The first kappa shape index (κ1) is 12.8. The minimum atomic E-state index is 0.0209. The predicted molar refractivity (Wildman–Crippen MR) is 77.2 cm³/mol. The first-order valence-corrected chi connectivity index (χ1v) is 6.84. The van der Waals surface area contributed by atoms with Gasteiger partial charge in [-0.15, -0.1) is 0 Å². The van der Waals surface area contributed by atoms with Crippen LogP contribution in [0.25, 0.3) is 0 Å². The fourth-order valence-corrected chi connectivity index (χ4v) is 2.34. The number of nitrogen functional groups attached to an aromatic ring is 1. The van der Waals surface area contributed by atoms with E-state index in [-0.39, 0.29) is 5.91 Å². The molecule has 4 nitrogen and oxygen atoms in total. The van der Waals surface area contributed by atoms with Gasteiger partial charge in [0.25, 0.3) is 5.91 Å². The van der Waals surface area contributed by atoms with Gasteiger partial charge in [0.2, 0.25) is 0 Å². The molecule has 0 bridgehead atoms. The Morgan fingerprint density at radius 2 is 2.15 bits per heavy atom. The molecule has 20 heavy (non-hydrogen) atoms. The average molecular weight is 270 g/mol. The van der Waals surface area contributed by atoms with E-state index >= 15 is 0 Å². The van der Waals surface area contributed by atoms with E-state index in [1.165, 1.54) is 6.26 Å². The number of carbonyl (C=O) groups excluding carboxylic acids is 1. The molecule has 1 saturated carbocycles. The van der Waals surface area contributed by atoms with Crippen LogP contribution in [0.4, 0.5) is 5.69 Å². The average Bonchev–Trinajstić information content (AvgIpc) is 3.18. The Bertz CT molecular complexity index is 629. The maximum Gasteiger partial charge on any atom is 0.257 e. The fraction of sp³-hybridized carbons (Fsp3) is 0.312. The Morgan fingerprint density at radius 1 is 1.40 bits per heavy atom. The van der Waals surface area contributed by atoms with Crippen LogP contribution in [0.15, 0.2) is 41.0 Å². The van der Waals surface area contributed by atoms with Crippen LogP contribution in [0.5, 0.6) is 0 Å². The molecule has 1 aliphatic rings. The first-order chi connectivity index (χ1) is 9.65. The molecular formula is C16H18N2O2. The molecule has 0 atom stereocenters. The second-order valence-corrected chi connectivity index (χ2v) is 5.31. The van der Waals surface area contributed by atoms with Gasteiger partial charge in [0.15, 0.2) is 0 Å². The van der Waals surface area contributed by atoms with Crippen molar-refractivity contribution in [2.45, 2.75) is 32.4 Å². The topological polar surface area (TPSA) is 59.5 Å². The lowest BCUT2D eigenvalue weighted by Crippen LogP contribution is -2.32. The lowest BCUT2D eigenvalue weighted by molar-refractivity contribution is 0.0729. The van der Waals surface area contributed by atoms with E-state index in [0.29, 0.717) is 18.2 Å². The molecule has 0 saturated heterocycles. The maximum absolute atomic E-state index is 12.6. The molecule has 104 valence electrons. The monoisotopic (exact) mass is 270 g/mol. The van der Waals surface area contributed by atoms with E-state index in [0.717, 1.165) is 29.9 Å². The fourth-order valence-electron chi connectivity index (χ4n) is 2.34. The Balaban J connectivity index is 1.83. The highest BCUT2D eigenvalue weighted by atomic mass is 16.3. The van der Waals surface area contributed by atoms with Crippen LogP contribution < -0.4 is 5.73 Å². The smallest absolute Gasteiger partial charge is 0.257 e. The van der Waals surface area contributed by atoms with Gasteiger partial charge >= 0.3 is 0 Å². The molecule has 0 spiro atoms. The van der Waals surface area contributed by atoms with Crippen molar-refractivity contribution in [2.24, 2.45) is 0 Å². The number of furan rings is 1. The van der Waals surface area contributed by atoms with Crippen molar-refractivity contribution in [3.63, 3.8) is 0 Å². The van der Waals surface area contributed by atoms with Crippen molar-refractivity contribution in [3.8, 4) is 0 Å². The number of amides is 1. The number of nitrogens with two attached hydrogens (primary N) is 1. The van der Waals surface area contributed by atoms with Crippen LogP contribution >= 0.6 is 0 Å². The first-order valence-electron chi connectivity index (χ1n) is 6.84. The zero-order valence-corrected chi connectivity index (χ0v) is 11.5. The summed E-state index contributed by atoms with van der Waals surface area (Å²) in [6.45, 7) is 2.40. The minimum Gasteiger partial charge on any atom is -0.469 e. The lowest BCUT2D eigenvalue weighted by Gasteiger charge is -2.22. The zero-order valence-electron chi connectivity index (χ0n) is 11.5. The summed E-state index contributed by atoms with van der Waals surface area (Å²) in [5.41, 5.74) is 8.31. The van der Waals surface area contributed by atoms with Gasteiger partial charge in [-0.2, -0.15) is 0 Å². The summed E-state index contributed by atoms with van der Waals surface area (Å²) in [6, 6.07) is 9.81. The highest BCUT2D eigenvalue weighted by Crippen LogP contribution is 2.31. The van der Waals surface area contributed by atoms with Crippen molar-refractivity contribution in [1.82, 2.24) is 4.90 Å². The molecular weight excluding hydrogens is 252 g/mol. The highest BCUT2D eigenvalue weighted by Gasteiger charge is 2.33. The molecule has 3 rings (SSSR count). The van der Waals surface area contributed by atoms with E-state index in [1.807, 2.05) is 36.1 Å². The van der Waals surface area contributed by atoms with Gasteiger partial charge in [-0.05, 0) is 37.5 Å². The largest absolute Gasteiger partial charge is 0.469 e. The second-order valence-electron chi connectivity index (χ2n) is 5.31. The number of carbonyl (C=O) groups is 1. The van der Waals surface area contributed by atoms with Crippen LogP contribution in [-0.4, -0.2) is 16.8 Å². The Hall–Kier alpha value is -2.23. The molecule has 1 amide bonds. The van der Waals surface area contributed by atoms with Crippen molar-refractivity contribution in [2.75, 3.05) is 5.73 Å². The summed E-state index contributed by atoms with van der Waals surface area (Å²) in [6.07, 6.45) is 3.66. The molecule has 0 aliphatic heterocycles. The van der Waals surface area contributed by atoms with Crippen LogP contribution in [0, 0.1) is 6.92 Å². The van der Waals surface area contributed by atoms with E-state index in [1.54, 1.807) is 6.07 Å². The van der Waals surface area contributed by atoms with Gasteiger partial charge in [-0.1, -0.05) is 18.2 Å². The van der Waals surface area contributed by atoms with Gasteiger partial charge in [-0.25, -0.2) is 0 Å². The van der Waals surface area contributed by atoms with Crippen LogP contribution in [-0.2, 0) is 6.54 Å². The number of anilines is 1. The Morgan fingerprint density at radius 3 is 2.75 bits per heavy atom. The summed E-state index contributed by atoms with van der Waals surface area (Å²) >= 11 is 0. The van der Waals surface area contributed by atoms with E-state index < -0.39 is 0 Å². The normalized spacial score (nSPS) is 14.2. The van der Waals surface area contributed by atoms with Crippen molar-refractivity contribution >= 4 is 11.6 Å². The third-order valence-electron chi connectivity index (χ3n) is 3.62. The maximum atomic E-state index is 12.6. The van der Waals surface area contributed by atoms with Gasteiger partial charge < -0.3 is 15.1 Å². The number of hydrogen-bond donors (Lipinski definition) is 1. The van der Waals surface area contributed by atoms with Gasteiger partial charge in [0.1, 0.15) is 12.0 Å². The molecule has 0 unspecified atom stereocenters. The second kappa shape index (κ2) is 5.04. The van der Waals surface area contributed by atoms with Crippen LogP contribution in [0.3, 0.4) is 0 Å². The molecule has 1 heterocycles. The molecule has 1 aliphatic carbocycles. The van der Waals surface area contributed by atoms with Crippen LogP contribution in [0.1, 0.15) is 34.5 Å². The molecule has 1 fully saturated rings.